The third-order valence-electron chi connectivity index (χ3n) is 2.20. The highest BCUT2D eigenvalue weighted by molar-refractivity contribution is 7.14. The molecule has 0 bridgehead atoms. The number of alkyl halides is 1. The molecule has 1 saturated heterocycles. The molecule has 1 aliphatic rings. The largest absolute Gasteiger partial charge is 0.464 e. The number of carbonyl (C=O) groups is 2. The second-order valence-electron chi connectivity index (χ2n) is 3.31. The number of methoxy groups -OCH3 is 1. The van der Waals surface area contributed by atoms with E-state index < -0.39 is 5.97 Å². The van der Waals surface area contributed by atoms with Gasteiger partial charge in [0.25, 0.3) is 0 Å². The Morgan fingerprint density at radius 1 is 1.75 bits per heavy atom. The van der Waals surface area contributed by atoms with Crippen molar-refractivity contribution < 1.29 is 14.3 Å². The second kappa shape index (κ2) is 4.39. The molecule has 1 aromatic rings. The fourth-order valence-corrected chi connectivity index (χ4v) is 2.53. The van der Waals surface area contributed by atoms with Gasteiger partial charge in [0, 0.05) is 18.3 Å². The zero-order valence-corrected chi connectivity index (χ0v) is 10.0. The Morgan fingerprint density at radius 3 is 3.06 bits per heavy atom. The molecule has 0 saturated carbocycles. The minimum Gasteiger partial charge on any atom is -0.464 e. The summed E-state index contributed by atoms with van der Waals surface area (Å²) < 4.78 is 4.54. The van der Waals surface area contributed by atoms with E-state index in [2.05, 4.69) is 9.72 Å². The number of anilines is 1. The van der Waals surface area contributed by atoms with Gasteiger partial charge < -0.3 is 4.74 Å². The van der Waals surface area contributed by atoms with Crippen LogP contribution in [-0.4, -0.2) is 35.9 Å². The van der Waals surface area contributed by atoms with E-state index >= 15 is 0 Å². The predicted molar refractivity (Wildman–Crippen MR) is 60.1 cm³/mol. The lowest BCUT2D eigenvalue weighted by Crippen LogP contribution is -2.24. The number of nitrogens with zero attached hydrogens (tertiary/aromatic N) is 2. The number of amides is 1. The fraction of sp³-hybridized carbons (Fsp3) is 0.444. The average molecular weight is 261 g/mol. The van der Waals surface area contributed by atoms with Crippen molar-refractivity contribution in [2.75, 3.05) is 18.6 Å². The molecule has 0 N–H and O–H groups in total. The summed E-state index contributed by atoms with van der Waals surface area (Å²) in [5.74, 6) is -0.567. The van der Waals surface area contributed by atoms with Gasteiger partial charge in [-0.15, -0.1) is 22.9 Å². The molecule has 1 fully saturated rings. The summed E-state index contributed by atoms with van der Waals surface area (Å²) in [5.41, 5.74) is 0.216. The normalized spacial score (nSPS) is 20.2. The van der Waals surface area contributed by atoms with Crippen LogP contribution in [0.25, 0.3) is 0 Å². The standard InChI is InChI=1S/C9H9ClN2O3S/c1-15-8(14)6-4-16-9(11-6)12-3-5(10)2-7(12)13/h4-5H,2-3H2,1H3. The predicted octanol–water partition coefficient (Wildman–Crippen LogP) is 1.27. The first kappa shape index (κ1) is 11.3. The molecule has 86 valence electrons. The number of aromatic nitrogens is 1. The molecule has 16 heavy (non-hydrogen) atoms. The summed E-state index contributed by atoms with van der Waals surface area (Å²) in [7, 11) is 1.29. The first-order chi connectivity index (χ1) is 7.61. The van der Waals surface area contributed by atoms with E-state index in [1.165, 1.54) is 23.3 Å². The monoisotopic (exact) mass is 260 g/mol. The Labute approximate surface area is 101 Å². The Kier molecular flexibility index (Phi) is 3.11. The number of carbonyl (C=O) groups excluding carboxylic acids is 2. The summed E-state index contributed by atoms with van der Waals surface area (Å²) in [6.07, 6.45) is 0.314. The molecule has 0 radical (unpaired) electrons. The first-order valence-corrected chi connectivity index (χ1v) is 5.91. The highest BCUT2D eigenvalue weighted by atomic mass is 35.5. The van der Waals surface area contributed by atoms with Crippen molar-refractivity contribution in [3.8, 4) is 0 Å². The van der Waals surface area contributed by atoms with Crippen molar-refractivity contribution in [2.45, 2.75) is 11.8 Å². The molecule has 1 aromatic heterocycles. The third kappa shape index (κ3) is 2.03. The van der Waals surface area contributed by atoms with Gasteiger partial charge >= 0.3 is 5.97 Å². The molecule has 1 amide bonds. The van der Waals surface area contributed by atoms with Crippen LogP contribution in [0, 0.1) is 0 Å². The third-order valence-corrected chi connectivity index (χ3v) is 3.35. The van der Waals surface area contributed by atoms with Crippen LogP contribution in [0.1, 0.15) is 16.9 Å². The van der Waals surface area contributed by atoms with Gasteiger partial charge in [-0.25, -0.2) is 9.78 Å². The lowest BCUT2D eigenvalue weighted by molar-refractivity contribution is -0.117. The number of hydrogen-bond acceptors (Lipinski definition) is 5. The lowest BCUT2D eigenvalue weighted by atomic mass is 10.4. The highest BCUT2D eigenvalue weighted by Gasteiger charge is 2.31. The molecule has 0 aromatic carbocycles. The summed E-state index contributed by atoms with van der Waals surface area (Å²) >= 11 is 7.10. The number of esters is 1. The molecule has 0 spiro atoms. The average Bonchev–Trinajstić information content (AvgIpc) is 2.83. The SMILES string of the molecule is COC(=O)c1csc(N2CC(Cl)CC2=O)n1. The number of halogens is 1. The number of thiazole rings is 1. The molecule has 1 aliphatic heterocycles. The van der Waals surface area contributed by atoms with Gasteiger partial charge in [0.2, 0.25) is 5.91 Å². The summed E-state index contributed by atoms with van der Waals surface area (Å²) in [5, 5.41) is 1.88. The minimum absolute atomic E-state index is 0.0641. The maximum absolute atomic E-state index is 11.5. The van der Waals surface area contributed by atoms with Gasteiger partial charge in [-0.3, -0.25) is 9.69 Å². The van der Waals surface area contributed by atoms with Crippen molar-refractivity contribution in [3.05, 3.63) is 11.1 Å². The first-order valence-electron chi connectivity index (χ1n) is 4.60. The van der Waals surface area contributed by atoms with Crippen LogP contribution in [0.2, 0.25) is 0 Å². The number of hydrogen-bond donors (Lipinski definition) is 0. The topological polar surface area (TPSA) is 59.5 Å². The summed E-state index contributed by atoms with van der Waals surface area (Å²) in [6, 6.07) is 0. The van der Waals surface area contributed by atoms with Crippen LogP contribution in [0.5, 0.6) is 0 Å². The maximum atomic E-state index is 11.5. The maximum Gasteiger partial charge on any atom is 0.357 e. The highest BCUT2D eigenvalue weighted by Crippen LogP contribution is 2.27. The van der Waals surface area contributed by atoms with E-state index in [-0.39, 0.29) is 17.0 Å². The van der Waals surface area contributed by atoms with Crippen LogP contribution in [0.15, 0.2) is 5.38 Å². The molecule has 1 atom stereocenters. The molecule has 5 nitrogen and oxygen atoms in total. The Balaban J connectivity index is 2.19. The van der Waals surface area contributed by atoms with Gasteiger partial charge in [-0.1, -0.05) is 0 Å². The van der Waals surface area contributed by atoms with E-state index in [4.69, 9.17) is 11.6 Å². The van der Waals surface area contributed by atoms with Crippen molar-refractivity contribution in [2.24, 2.45) is 0 Å². The van der Waals surface area contributed by atoms with E-state index in [1.54, 1.807) is 5.38 Å². The Bertz CT molecular complexity index is 434. The van der Waals surface area contributed by atoms with E-state index in [1.807, 2.05) is 0 Å². The van der Waals surface area contributed by atoms with E-state index in [0.717, 1.165) is 0 Å². The van der Waals surface area contributed by atoms with Gasteiger partial charge in [0.1, 0.15) is 0 Å². The second-order valence-corrected chi connectivity index (χ2v) is 4.77. The molecule has 1 unspecified atom stereocenters. The van der Waals surface area contributed by atoms with E-state index in [0.29, 0.717) is 18.1 Å². The Morgan fingerprint density at radius 2 is 2.50 bits per heavy atom. The molecule has 7 heteroatoms. The minimum atomic E-state index is -0.503. The van der Waals surface area contributed by atoms with Gasteiger partial charge in [-0.2, -0.15) is 0 Å². The van der Waals surface area contributed by atoms with Crippen LogP contribution >= 0.6 is 22.9 Å². The smallest absolute Gasteiger partial charge is 0.357 e. The molecule has 2 heterocycles. The van der Waals surface area contributed by atoms with Crippen LogP contribution in [0.3, 0.4) is 0 Å². The molecular weight excluding hydrogens is 252 g/mol. The zero-order valence-electron chi connectivity index (χ0n) is 8.47. The van der Waals surface area contributed by atoms with E-state index in [9.17, 15) is 9.59 Å². The van der Waals surface area contributed by atoms with Crippen LogP contribution in [0.4, 0.5) is 5.13 Å². The number of ether oxygens (including phenoxy) is 1. The van der Waals surface area contributed by atoms with Crippen molar-refractivity contribution in [1.82, 2.24) is 4.98 Å². The van der Waals surface area contributed by atoms with Gasteiger partial charge in [0.15, 0.2) is 10.8 Å². The van der Waals surface area contributed by atoms with Gasteiger partial charge in [-0.05, 0) is 0 Å². The zero-order chi connectivity index (χ0) is 11.7. The van der Waals surface area contributed by atoms with Crippen LogP contribution in [-0.2, 0) is 9.53 Å². The Hall–Kier alpha value is -1.14. The lowest BCUT2D eigenvalue weighted by Gasteiger charge is -2.10. The van der Waals surface area contributed by atoms with Crippen molar-refractivity contribution in [3.63, 3.8) is 0 Å². The number of rotatable bonds is 2. The summed E-state index contributed by atoms with van der Waals surface area (Å²) in [4.78, 5) is 28.2. The van der Waals surface area contributed by atoms with Crippen LogP contribution < -0.4 is 4.90 Å². The molecular formula is C9H9ClN2O3S. The van der Waals surface area contributed by atoms with Gasteiger partial charge in [0.05, 0.1) is 12.5 Å². The summed E-state index contributed by atoms with van der Waals surface area (Å²) in [6.45, 7) is 0.439. The van der Waals surface area contributed by atoms with Crippen molar-refractivity contribution >= 4 is 39.9 Å². The molecule has 0 aliphatic carbocycles. The van der Waals surface area contributed by atoms with Crippen molar-refractivity contribution in [1.29, 1.82) is 0 Å². The fourth-order valence-electron chi connectivity index (χ4n) is 1.44. The quantitative estimate of drug-likeness (QED) is 0.594. The molecule has 2 rings (SSSR count).